The maximum atomic E-state index is 13.1. The number of nitrogens with zero attached hydrogens (tertiary/aromatic N) is 2. The van der Waals surface area contributed by atoms with Crippen LogP contribution >= 0.6 is 11.3 Å². The quantitative estimate of drug-likeness (QED) is 0.738. The van der Waals surface area contributed by atoms with E-state index in [4.69, 9.17) is 0 Å². The highest BCUT2D eigenvalue weighted by Crippen LogP contribution is 2.32. The maximum Gasteiger partial charge on any atom is 0.417 e. The van der Waals surface area contributed by atoms with Gasteiger partial charge in [-0.3, -0.25) is 4.79 Å². The van der Waals surface area contributed by atoms with Crippen LogP contribution in [0.1, 0.15) is 54.2 Å². The van der Waals surface area contributed by atoms with E-state index in [0.29, 0.717) is 11.3 Å². The van der Waals surface area contributed by atoms with Crippen molar-refractivity contribution in [2.45, 2.75) is 52.8 Å². The number of rotatable bonds is 2. The lowest BCUT2D eigenvalue weighted by Crippen LogP contribution is -2.19. The van der Waals surface area contributed by atoms with Crippen LogP contribution in [0.4, 0.5) is 13.2 Å². The minimum absolute atomic E-state index is 0.133. The summed E-state index contributed by atoms with van der Waals surface area (Å²) in [6.45, 7) is 10.6. The first-order chi connectivity index (χ1) is 11.5. The molecule has 0 saturated carbocycles. The molecular weight excluding hydrogens is 349 g/mol. The van der Waals surface area contributed by atoms with Crippen LogP contribution in [0.15, 0.2) is 29.3 Å². The van der Waals surface area contributed by atoms with E-state index in [2.05, 4.69) is 25.8 Å². The molecule has 7 heteroatoms. The number of hydrogen-bond donors (Lipinski definition) is 0. The Morgan fingerprint density at radius 3 is 2.32 bits per heavy atom. The molecule has 1 aromatic carbocycles. The summed E-state index contributed by atoms with van der Waals surface area (Å²) in [4.78, 5) is 17.9. The van der Waals surface area contributed by atoms with Gasteiger partial charge in [0.15, 0.2) is 4.80 Å². The summed E-state index contributed by atoms with van der Waals surface area (Å²) in [6, 6.07) is 4.73. The SMILES string of the molecule is CCn1c(C)c(C(C)(C)C)sc1=NC(=O)c1ccccc1C(F)(F)F. The van der Waals surface area contributed by atoms with Crippen LogP contribution in [-0.4, -0.2) is 10.5 Å². The van der Waals surface area contributed by atoms with Gasteiger partial charge in [0.1, 0.15) is 0 Å². The number of alkyl halides is 3. The van der Waals surface area contributed by atoms with Crippen LogP contribution in [0, 0.1) is 6.92 Å². The van der Waals surface area contributed by atoms with Gasteiger partial charge in [0.25, 0.3) is 5.91 Å². The Morgan fingerprint density at radius 1 is 1.20 bits per heavy atom. The molecule has 0 N–H and O–H groups in total. The van der Waals surface area contributed by atoms with Gasteiger partial charge in [-0.2, -0.15) is 18.2 Å². The summed E-state index contributed by atoms with van der Waals surface area (Å²) in [7, 11) is 0. The van der Waals surface area contributed by atoms with E-state index >= 15 is 0 Å². The second-order valence-corrected chi connectivity index (χ2v) is 7.73. The molecule has 0 atom stereocenters. The normalized spacial score (nSPS) is 13.4. The fraction of sp³-hybridized carbons (Fsp3) is 0.444. The molecule has 0 saturated heterocycles. The fourth-order valence-electron chi connectivity index (χ4n) is 2.70. The van der Waals surface area contributed by atoms with Crippen LogP contribution in [0.2, 0.25) is 0 Å². The molecule has 3 nitrogen and oxygen atoms in total. The molecule has 0 aliphatic rings. The molecule has 1 heterocycles. The molecule has 2 aromatic rings. The van der Waals surface area contributed by atoms with Gasteiger partial charge in [-0.05, 0) is 31.4 Å². The zero-order valence-electron chi connectivity index (χ0n) is 14.9. The third-order valence-electron chi connectivity index (χ3n) is 3.82. The Balaban J connectivity index is 2.62. The van der Waals surface area contributed by atoms with Crippen LogP contribution < -0.4 is 4.80 Å². The Labute approximate surface area is 148 Å². The average Bonchev–Trinajstić information content (AvgIpc) is 2.82. The van der Waals surface area contributed by atoms with Gasteiger partial charge in [0, 0.05) is 17.1 Å². The van der Waals surface area contributed by atoms with Crippen molar-refractivity contribution in [2.24, 2.45) is 4.99 Å². The lowest BCUT2D eigenvalue weighted by atomic mass is 9.93. The summed E-state index contributed by atoms with van der Waals surface area (Å²) in [5.41, 5.74) is -0.542. The molecule has 1 amide bonds. The van der Waals surface area contributed by atoms with E-state index in [1.807, 2.05) is 18.4 Å². The van der Waals surface area contributed by atoms with Crippen molar-refractivity contribution in [3.63, 3.8) is 0 Å². The zero-order chi connectivity index (χ0) is 19.0. The van der Waals surface area contributed by atoms with Crippen molar-refractivity contribution in [1.82, 2.24) is 4.57 Å². The zero-order valence-corrected chi connectivity index (χ0v) is 15.7. The van der Waals surface area contributed by atoms with Crippen LogP contribution in [-0.2, 0) is 18.1 Å². The van der Waals surface area contributed by atoms with E-state index in [1.165, 1.54) is 23.5 Å². The topological polar surface area (TPSA) is 34.4 Å². The molecule has 0 aliphatic carbocycles. The van der Waals surface area contributed by atoms with Crippen molar-refractivity contribution in [3.8, 4) is 0 Å². The summed E-state index contributed by atoms with van der Waals surface area (Å²) in [5, 5.41) is 0. The van der Waals surface area contributed by atoms with Gasteiger partial charge in [-0.25, -0.2) is 0 Å². The molecule has 0 radical (unpaired) electrons. The summed E-state index contributed by atoms with van der Waals surface area (Å²) in [5.74, 6) is -0.878. The predicted octanol–water partition coefficient (Wildman–Crippen LogP) is 4.94. The maximum absolute atomic E-state index is 13.1. The Hall–Kier alpha value is -1.89. The summed E-state index contributed by atoms with van der Waals surface area (Å²) >= 11 is 1.35. The highest BCUT2D eigenvalue weighted by molar-refractivity contribution is 7.09. The third-order valence-corrected chi connectivity index (χ3v) is 5.42. The van der Waals surface area contributed by atoms with E-state index in [1.54, 1.807) is 0 Å². The van der Waals surface area contributed by atoms with Gasteiger partial charge in [0.2, 0.25) is 0 Å². The van der Waals surface area contributed by atoms with Crippen molar-refractivity contribution >= 4 is 17.2 Å². The van der Waals surface area contributed by atoms with Gasteiger partial charge >= 0.3 is 6.18 Å². The minimum atomic E-state index is -4.59. The lowest BCUT2D eigenvalue weighted by molar-refractivity contribution is -0.137. The van der Waals surface area contributed by atoms with E-state index < -0.39 is 23.2 Å². The minimum Gasteiger partial charge on any atom is -0.321 e. The number of aromatic nitrogens is 1. The van der Waals surface area contributed by atoms with Crippen LogP contribution in [0.3, 0.4) is 0 Å². The number of carbonyl (C=O) groups excluding carboxylic acids is 1. The molecule has 136 valence electrons. The standard InChI is InChI=1S/C18H21F3N2OS/c1-6-23-11(2)14(17(3,4)5)25-16(23)22-15(24)12-9-7-8-10-13(12)18(19,20)21/h7-10H,6H2,1-5H3. The number of carbonyl (C=O) groups is 1. The van der Waals surface area contributed by atoms with Crippen LogP contribution in [0.5, 0.6) is 0 Å². The Morgan fingerprint density at radius 2 is 1.80 bits per heavy atom. The molecule has 0 bridgehead atoms. The molecule has 0 unspecified atom stereocenters. The van der Waals surface area contributed by atoms with Gasteiger partial charge in [-0.1, -0.05) is 32.9 Å². The molecule has 0 fully saturated rings. The van der Waals surface area contributed by atoms with E-state index in [9.17, 15) is 18.0 Å². The number of benzene rings is 1. The smallest absolute Gasteiger partial charge is 0.321 e. The number of amides is 1. The lowest BCUT2D eigenvalue weighted by Gasteiger charge is -2.17. The number of halogens is 3. The van der Waals surface area contributed by atoms with Crippen molar-refractivity contribution in [1.29, 1.82) is 0 Å². The molecule has 25 heavy (non-hydrogen) atoms. The first-order valence-corrected chi connectivity index (χ1v) is 8.74. The van der Waals surface area contributed by atoms with Crippen molar-refractivity contribution in [3.05, 3.63) is 50.8 Å². The predicted molar refractivity (Wildman–Crippen MR) is 92.8 cm³/mol. The second-order valence-electron chi connectivity index (χ2n) is 6.75. The van der Waals surface area contributed by atoms with Crippen LogP contribution in [0.25, 0.3) is 0 Å². The van der Waals surface area contributed by atoms with E-state index in [-0.39, 0.29) is 5.41 Å². The second kappa shape index (κ2) is 6.78. The van der Waals surface area contributed by atoms with Crippen molar-refractivity contribution in [2.75, 3.05) is 0 Å². The number of hydrogen-bond acceptors (Lipinski definition) is 2. The molecular formula is C18H21F3N2OS. The largest absolute Gasteiger partial charge is 0.417 e. The molecule has 0 aliphatic heterocycles. The van der Waals surface area contributed by atoms with Gasteiger partial charge in [-0.15, -0.1) is 11.3 Å². The summed E-state index contributed by atoms with van der Waals surface area (Å²) < 4.78 is 41.2. The molecule has 1 aromatic heterocycles. The van der Waals surface area contributed by atoms with Gasteiger partial charge in [0.05, 0.1) is 11.1 Å². The van der Waals surface area contributed by atoms with E-state index in [0.717, 1.165) is 22.7 Å². The van der Waals surface area contributed by atoms with Gasteiger partial charge < -0.3 is 4.57 Å². The monoisotopic (exact) mass is 370 g/mol. The highest BCUT2D eigenvalue weighted by atomic mass is 32.1. The molecule has 2 rings (SSSR count). The third kappa shape index (κ3) is 4.03. The number of thiazole rings is 1. The summed E-state index contributed by atoms with van der Waals surface area (Å²) in [6.07, 6.45) is -4.59. The fourth-order valence-corrected chi connectivity index (χ4v) is 3.95. The highest BCUT2D eigenvalue weighted by Gasteiger charge is 2.34. The Bertz CT molecular complexity index is 854. The first kappa shape index (κ1) is 19.4. The first-order valence-electron chi connectivity index (χ1n) is 7.92. The Kier molecular flexibility index (Phi) is 5.27. The molecule has 0 spiro atoms. The van der Waals surface area contributed by atoms with Crippen molar-refractivity contribution < 1.29 is 18.0 Å². The average molecular weight is 370 g/mol.